The summed E-state index contributed by atoms with van der Waals surface area (Å²) in [7, 11) is 1.43. The molecule has 41 heavy (non-hydrogen) atoms. The second-order valence-electron chi connectivity index (χ2n) is 9.81. The zero-order chi connectivity index (χ0) is 30.3. The van der Waals surface area contributed by atoms with E-state index in [0.717, 1.165) is 12.5 Å². The van der Waals surface area contributed by atoms with Crippen molar-refractivity contribution in [1.29, 1.82) is 0 Å². The number of ether oxygens (including phenoxy) is 9. The minimum absolute atomic E-state index is 0.135. The average molecular weight is 583 g/mol. The number of hydrogen-bond acceptors (Lipinski definition) is 13. The van der Waals surface area contributed by atoms with Crippen molar-refractivity contribution >= 4 is 23.9 Å². The van der Waals surface area contributed by atoms with E-state index in [1.807, 2.05) is 30.3 Å². The molecular weight excluding hydrogens is 544 g/mol. The first-order valence-electron chi connectivity index (χ1n) is 13.2. The van der Waals surface area contributed by atoms with Crippen LogP contribution in [0.3, 0.4) is 0 Å². The van der Waals surface area contributed by atoms with Crippen LogP contribution >= 0.6 is 0 Å². The minimum Gasteiger partial charge on any atom is -0.457 e. The van der Waals surface area contributed by atoms with Gasteiger partial charge in [0.2, 0.25) is 0 Å². The summed E-state index contributed by atoms with van der Waals surface area (Å²) in [4.78, 5) is 48.2. The summed E-state index contributed by atoms with van der Waals surface area (Å²) in [5.74, 6) is -2.70. The van der Waals surface area contributed by atoms with Crippen LogP contribution in [0.4, 0.5) is 0 Å². The van der Waals surface area contributed by atoms with Gasteiger partial charge in [0.1, 0.15) is 12.2 Å². The Morgan fingerprint density at radius 2 is 1.10 bits per heavy atom. The van der Waals surface area contributed by atoms with Gasteiger partial charge in [-0.15, -0.1) is 0 Å². The van der Waals surface area contributed by atoms with Gasteiger partial charge in [0.15, 0.2) is 37.0 Å². The van der Waals surface area contributed by atoms with E-state index >= 15 is 0 Å². The van der Waals surface area contributed by atoms with Crippen LogP contribution in [-0.4, -0.2) is 92.4 Å². The fourth-order valence-electron chi connectivity index (χ4n) is 4.85. The SMILES string of the molecule is CO[C@@H]1O[C@@H](C)[C@H](OC(C)=O)[C@@H](O[C@@H]2O[C@@H](C)[C@H](OC(C)=O)[C@@H](OC(C)=O)[C@H]2OC(C)=O)[C@H]1OCc1ccccc1. The van der Waals surface area contributed by atoms with Crippen LogP contribution in [0.2, 0.25) is 0 Å². The molecule has 0 N–H and O–H groups in total. The fourth-order valence-corrected chi connectivity index (χ4v) is 4.85. The highest BCUT2D eigenvalue weighted by Crippen LogP contribution is 2.35. The maximum atomic E-state index is 12.2. The second kappa shape index (κ2) is 14.7. The third kappa shape index (κ3) is 8.69. The lowest BCUT2D eigenvalue weighted by Crippen LogP contribution is -2.65. The Kier molecular flexibility index (Phi) is 11.6. The van der Waals surface area contributed by atoms with Crippen LogP contribution in [0.5, 0.6) is 0 Å². The molecule has 0 amide bonds. The lowest BCUT2D eigenvalue weighted by molar-refractivity contribution is -0.358. The molecule has 1 aromatic rings. The first kappa shape index (κ1) is 32.4. The summed E-state index contributed by atoms with van der Waals surface area (Å²) in [6.07, 6.45) is -10.7. The summed E-state index contributed by atoms with van der Waals surface area (Å²) in [5.41, 5.74) is 0.850. The van der Waals surface area contributed by atoms with E-state index in [1.165, 1.54) is 27.9 Å². The Hall–Kier alpha value is -3.10. The maximum absolute atomic E-state index is 12.2. The van der Waals surface area contributed by atoms with Crippen molar-refractivity contribution in [2.45, 2.75) is 110 Å². The molecule has 2 fully saturated rings. The van der Waals surface area contributed by atoms with Crippen LogP contribution in [-0.2, 0) is 68.4 Å². The first-order chi connectivity index (χ1) is 19.4. The van der Waals surface area contributed by atoms with Gasteiger partial charge in [-0.1, -0.05) is 30.3 Å². The predicted molar refractivity (Wildman–Crippen MR) is 138 cm³/mol. The van der Waals surface area contributed by atoms with Gasteiger partial charge in [0, 0.05) is 34.8 Å². The van der Waals surface area contributed by atoms with Gasteiger partial charge >= 0.3 is 23.9 Å². The standard InChI is InChI=1S/C28H38O13/c1-14-21(37-16(3)29)23(25(27(33-7)35-14)34-13-20-11-9-8-10-12-20)41-28-26(40-19(6)32)24(39-18(5)31)22(15(2)36-28)38-17(4)30/h8-12,14-15,21-28H,13H2,1-7H3/t14-,15-,21-,22-,23+,24+,25+,26+,27+,28-/m0/s1. The van der Waals surface area contributed by atoms with Gasteiger partial charge in [-0.05, 0) is 19.4 Å². The molecule has 0 saturated carbocycles. The molecule has 13 heteroatoms. The highest BCUT2D eigenvalue weighted by atomic mass is 16.8. The Balaban J connectivity index is 2.00. The van der Waals surface area contributed by atoms with Gasteiger partial charge in [-0.3, -0.25) is 19.2 Å². The van der Waals surface area contributed by atoms with Gasteiger partial charge in [-0.2, -0.15) is 0 Å². The van der Waals surface area contributed by atoms with Crippen LogP contribution in [0, 0.1) is 0 Å². The zero-order valence-electron chi connectivity index (χ0n) is 24.2. The van der Waals surface area contributed by atoms with E-state index in [2.05, 4.69) is 0 Å². The monoisotopic (exact) mass is 582 g/mol. The molecule has 0 bridgehead atoms. The lowest BCUT2D eigenvalue weighted by atomic mass is 9.96. The summed E-state index contributed by atoms with van der Waals surface area (Å²) in [5, 5.41) is 0. The summed E-state index contributed by atoms with van der Waals surface area (Å²) in [6.45, 7) is 8.15. The minimum atomic E-state index is -1.38. The number of rotatable bonds is 10. The number of esters is 4. The van der Waals surface area contributed by atoms with Crippen molar-refractivity contribution in [1.82, 2.24) is 0 Å². The maximum Gasteiger partial charge on any atom is 0.303 e. The molecule has 3 rings (SSSR count). The zero-order valence-corrected chi connectivity index (χ0v) is 24.2. The van der Waals surface area contributed by atoms with Gasteiger partial charge in [-0.25, -0.2) is 0 Å². The molecule has 13 nitrogen and oxygen atoms in total. The molecule has 10 atom stereocenters. The fraction of sp³-hybridized carbons (Fsp3) is 0.643. The van der Waals surface area contributed by atoms with E-state index in [1.54, 1.807) is 13.8 Å². The lowest BCUT2D eigenvalue weighted by Gasteiger charge is -2.48. The van der Waals surface area contributed by atoms with E-state index in [9.17, 15) is 19.2 Å². The molecule has 2 aliphatic rings. The van der Waals surface area contributed by atoms with Crippen LogP contribution < -0.4 is 0 Å². The second-order valence-corrected chi connectivity index (χ2v) is 9.81. The number of benzene rings is 1. The Bertz CT molecular complexity index is 1050. The van der Waals surface area contributed by atoms with Gasteiger partial charge < -0.3 is 42.6 Å². The highest BCUT2D eigenvalue weighted by Gasteiger charge is 2.55. The molecule has 0 unspecified atom stereocenters. The van der Waals surface area contributed by atoms with Crippen LogP contribution in [0.15, 0.2) is 30.3 Å². The Labute approximate surface area is 238 Å². The normalized spacial score (nSPS) is 33.3. The summed E-state index contributed by atoms with van der Waals surface area (Å²) < 4.78 is 52.2. The molecule has 2 heterocycles. The van der Waals surface area contributed by atoms with Crippen LogP contribution in [0.25, 0.3) is 0 Å². The third-order valence-corrected chi connectivity index (χ3v) is 6.47. The van der Waals surface area contributed by atoms with Crippen molar-refractivity contribution in [2.24, 2.45) is 0 Å². The molecule has 2 aliphatic heterocycles. The number of methoxy groups -OCH3 is 1. The van der Waals surface area contributed by atoms with Crippen molar-refractivity contribution in [2.75, 3.05) is 7.11 Å². The molecule has 2 saturated heterocycles. The van der Waals surface area contributed by atoms with E-state index < -0.39 is 85.3 Å². The van der Waals surface area contributed by atoms with Crippen molar-refractivity contribution < 1.29 is 61.8 Å². The number of carbonyl (C=O) groups excluding carboxylic acids is 4. The Morgan fingerprint density at radius 1 is 0.634 bits per heavy atom. The quantitative estimate of drug-likeness (QED) is 0.292. The molecular formula is C28H38O13. The number of carbonyl (C=O) groups is 4. The van der Waals surface area contributed by atoms with Crippen molar-refractivity contribution in [3.05, 3.63) is 35.9 Å². The molecule has 0 aliphatic carbocycles. The molecule has 0 aromatic heterocycles. The smallest absolute Gasteiger partial charge is 0.303 e. The molecule has 0 spiro atoms. The topological polar surface area (TPSA) is 151 Å². The van der Waals surface area contributed by atoms with E-state index in [0.29, 0.717) is 0 Å². The molecule has 228 valence electrons. The van der Waals surface area contributed by atoms with Crippen LogP contribution in [0.1, 0.15) is 47.1 Å². The predicted octanol–water partition coefficient (Wildman–Crippen LogP) is 1.82. The van der Waals surface area contributed by atoms with Crippen molar-refractivity contribution in [3.8, 4) is 0 Å². The highest BCUT2D eigenvalue weighted by molar-refractivity contribution is 5.68. The molecule has 1 aromatic carbocycles. The van der Waals surface area contributed by atoms with Gasteiger partial charge in [0.05, 0.1) is 18.8 Å². The van der Waals surface area contributed by atoms with E-state index in [-0.39, 0.29) is 6.61 Å². The summed E-state index contributed by atoms with van der Waals surface area (Å²) >= 11 is 0. The van der Waals surface area contributed by atoms with E-state index in [4.69, 9.17) is 42.6 Å². The third-order valence-electron chi connectivity index (χ3n) is 6.47. The molecule has 0 radical (unpaired) electrons. The summed E-state index contributed by atoms with van der Waals surface area (Å²) in [6, 6.07) is 9.33. The van der Waals surface area contributed by atoms with Gasteiger partial charge in [0.25, 0.3) is 0 Å². The number of hydrogen-bond donors (Lipinski definition) is 0. The Morgan fingerprint density at radius 3 is 1.61 bits per heavy atom. The average Bonchev–Trinajstić information content (AvgIpc) is 2.89. The first-order valence-corrected chi connectivity index (χ1v) is 13.2. The largest absolute Gasteiger partial charge is 0.457 e. The van der Waals surface area contributed by atoms with Crippen molar-refractivity contribution in [3.63, 3.8) is 0 Å².